The number of aliphatic hydroxyl groups excluding tert-OH is 1. The molecular formula is C44H45N3O7S. The Balaban J connectivity index is 1.06. The number of amides is 2. The first-order valence-corrected chi connectivity index (χ1v) is 19.3. The van der Waals surface area contributed by atoms with Gasteiger partial charge in [0.05, 0.1) is 35.8 Å². The minimum absolute atomic E-state index is 0.0344. The van der Waals surface area contributed by atoms with Crippen LogP contribution in [0.3, 0.4) is 0 Å². The summed E-state index contributed by atoms with van der Waals surface area (Å²) in [6.45, 7) is 0.335. The van der Waals surface area contributed by atoms with Crippen LogP contribution in [0.25, 0.3) is 11.1 Å². The number of anilines is 2. The molecule has 0 aliphatic carbocycles. The maximum atomic E-state index is 12.7. The molecule has 6 rings (SSSR count). The van der Waals surface area contributed by atoms with Gasteiger partial charge in [-0.05, 0) is 77.1 Å². The van der Waals surface area contributed by atoms with Crippen molar-refractivity contribution in [1.29, 1.82) is 0 Å². The van der Waals surface area contributed by atoms with Crippen LogP contribution in [0.15, 0.2) is 126 Å². The van der Waals surface area contributed by atoms with Crippen LogP contribution in [0.5, 0.6) is 0 Å². The van der Waals surface area contributed by atoms with E-state index >= 15 is 0 Å². The summed E-state index contributed by atoms with van der Waals surface area (Å²) in [4.78, 5) is 37.3. The molecule has 5 aromatic rings. The number of benzene rings is 5. The van der Waals surface area contributed by atoms with E-state index in [2.05, 4.69) is 10.6 Å². The van der Waals surface area contributed by atoms with E-state index in [9.17, 15) is 24.6 Å². The average molecular weight is 760 g/mol. The molecule has 3 atom stereocenters. The highest BCUT2D eigenvalue weighted by Gasteiger charge is 2.32. The van der Waals surface area contributed by atoms with E-state index in [-0.39, 0.29) is 36.2 Å². The lowest BCUT2D eigenvalue weighted by Gasteiger charge is -2.36. The van der Waals surface area contributed by atoms with Crippen LogP contribution in [0.1, 0.15) is 77.1 Å². The van der Waals surface area contributed by atoms with Crippen molar-refractivity contribution in [3.63, 3.8) is 0 Å². The van der Waals surface area contributed by atoms with E-state index in [1.807, 2.05) is 97.1 Å². The number of hydrogen-bond acceptors (Lipinski definition) is 8. The van der Waals surface area contributed by atoms with Crippen LogP contribution in [0.4, 0.5) is 11.4 Å². The Bertz CT molecular complexity index is 2060. The predicted octanol–water partition coefficient (Wildman–Crippen LogP) is 8.28. The number of rotatable bonds is 16. The third-order valence-corrected chi connectivity index (χ3v) is 10.6. The van der Waals surface area contributed by atoms with Crippen molar-refractivity contribution in [2.75, 3.05) is 16.8 Å². The van der Waals surface area contributed by atoms with Gasteiger partial charge in [-0.1, -0.05) is 84.9 Å². The number of aliphatic hydroxyl groups is 1. The van der Waals surface area contributed by atoms with Gasteiger partial charge in [-0.2, -0.15) is 0 Å². The maximum absolute atomic E-state index is 12.7. The lowest BCUT2D eigenvalue weighted by atomic mass is 9.97. The van der Waals surface area contributed by atoms with Gasteiger partial charge < -0.3 is 36.1 Å². The van der Waals surface area contributed by atoms with Gasteiger partial charge in [0, 0.05) is 42.0 Å². The molecule has 0 unspecified atom stereocenters. The zero-order chi connectivity index (χ0) is 38.6. The molecule has 1 fully saturated rings. The summed E-state index contributed by atoms with van der Waals surface area (Å²) in [5, 5.41) is 24.7. The third-order valence-electron chi connectivity index (χ3n) is 9.43. The molecular weight excluding hydrogens is 715 g/mol. The average Bonchev–Trinajstić information content (AvgIpc) is 3.22. The summed E-state index contributed by atoms with van der Waals surface area (Å²) in [5.74, 6) is -0.515. The highest BCUT2D eigenvalue weighted by molar-refractivity contribution is 7.99. The van der Waals surface area contributed by atoms with Crippen LogP contribution in [-0.2, 0) is 32.2 Å². The minimum Gasteiger partial charge on any atom is -0.478 e. The topological polar surface area (TPSA) is 160 Å². The highest BCUT2D eigenvalue weighted by atomic mass is 32.2. The molecule has 1 heterocycles. The van der Waals surface area contributed by atoms with Gasteiger partial charge in [-0.3, -0.25) is 9.59 Å². The van der Waals surface area contributed by atoms with E-state index in [4.69, 9.17) is 15.2 Å². The van der Waals surface area contributed by atoms with Gasteiger partial charge in [-0.15, -0.1) is 11.8 Å². The largest absolute Gasteiger partial charge is 0.478 e. The van der Waals surface area contributed by atoms with Crippen LogP contribution in [0, 0.1) is 0 Å². The summed E-state index contributed by atoms with van der Waals surface area (Å²) < 4.78 is 13.1. The fraction of sp³-hybridized carbons (Fsp3) is 0.250. The van der Waals surface area contributed by atoms with Crippen molar-refractivity contribution < 1.29 is 34.1 Å². The number of ether oxygens (including phenoxy) is 2. The first-order valence-electron chi connectivity index (χ1n) is 18.3. The minimum atomic E-state index is -0.957. The second-order valence-electron chi connectivity index (χ2n) is 13.4. The molecule has 2 amide bonds. The SMILES string of the molecule is Nc1ccccc1NC(=O)CCCCC(=O)NCc1ccccc1-c1ccc([C@H]2O[C@@H](CSc3ccc(C(=O)O)cc3)C[C@@H](c3ccc(CO)cc3)O2)cc1. The molecule has 10 nitrogen and oxygen atoms in total. The van der Waals surface area contributed by atoms with Crippen molar-refractivity contribution in [2.24, 2.45) is 0 Å². The fourth-order valence-electron chi connectivity index (χ4n) is 6.36. The fourth-order valence-corrected chi connectivity index (χ4v) is 7.28. The van der Waals surface area contributed by atoms with Crippen molar-refractivity contribution in [2.45, 2.75) is 68.6 Å². The molecule has 5 aromatic carbocycles. The van der Waals surface area contributed by atoms with Gasteiger partial charge in [-0.25, -0.2) is 4.79 Å². The second-order valence-corrected chi connectivity index (χ2v) is 14.5. The number of nitrogens with two attached hydrogens (primary N) is 1. The van der Waals surface area contributed by atoms with E-state index in [1.54, 1.807) is 36.0 Å². The van der Waals surface area contributed by atoms with Crippen molar-refractivity contribution >= 4 is 40.9 Å². The molecule has 0 radical (unpaired) electrons. The molecule has 1 saturated heterocycles. The lowest BCUT2D eigenvalue weighted by Crippen LogP contribution is -2.31. The molecule has 0 aromatic heterocycles. The van der Waals surface area contributed by atoms with E-state index in [0.29, 0.717) is 55.8 Å². The molecule has 284 valence electrons. The van der Waals surface area contributed by atoms with Crippen molar-refractivity contribution in [3.05, 3.63) is 149 Å². The molecule has 6 N–H and O–H groups in total. The van der Waals surface area contributed by atoms with Crippen molar-refractivity contribution in [3.8, 4) is 11.1 Å². The molecule has 55 heavy (non-hydrogen) atoms. The molecule has 0 bridgehead atoms. The molecule has 1 aliphatic heterocycles. The Morgan fingerprint density at radius 1 is 0.764 bits per heavy atom. The summed E-state index contributed by atoms with van der Waals surface area (Å²) in [7, 11) is 0. The number of carboxylic acid groups (broad SMARTS) is 1. The van der Waals surface area contributed by atoms with Gasteiger partial charge in [0.2, 0.25) is 11.8 Å². The second kappa shape index (κ2) is 19.2. The number of nitrogens with one attached hydrogen (secondary N) is 2. The maximum Gasteiger partial charge on any atom is 0.335 e. The number of unbranched alkanes of at least 4 members (excludes halogenated alkanes) is 1. The smallest absolute Gasteiger partial charge is 0.335 e. The van der Waals surface area contributed by atoms with Gasteiger partial charge >= 0.3 is 5.97 Å². The number of thioether (sulfide) groups is 1. The first kappa shape index (κ1) is 39.2. The summed E-state index contributed by atoms with van der Waals surface area (Å²) in [6.07, 6.45) is 1.42. The number of aromatic carboxylic acids is 1. The zero-order valence-corrected chi connectivity index (χ0v) is 31.2. The lowest BCUT2D eigenvalue weighted by molar-refractivity contribution is -0.245. The van der Waals surface area contributed by atoms with Crippen LogP contribution >= 0.6 is 11.8 Å². The standard InChI is InChI=1S/C44H45N3O7S/c45-38-9-3-4-10-39(38)47-42(50)12-6-5-11-41(49)46-26-34-7-1-2-8-37(34)30-17-19-33(20-18-30)44-53-35(28-55-36-23-21-32(22-24-36)43(51)52)25-40(54-44)31-15-13-29(27-48)14-16-31/h1-4,7-10,13-24,35,40,44,48H,5-6,11-12,25-28,45H2,(H,46,49)(H,47,50)(H,51,52)/t35-,40+,44+/m1/s1. The zero-order valence-electron chi connectivity index (χ0n) is 30.4. The van der Waals surface area contributed by atoms with E-state index in [0.717, 1.165) is 38.3 Å². The highest BCUT2D eigenvalue weighted by Crippen LogP contribution is 2.40. The third kappa shape index (κ3) is 11.1. The number of carboxylic acids is 1. The Kier molecular flexibility index (Phi) is 13.7. The van der Waals surface area contributed by atoms with E-state index in [1.165, 1.54) is 0 Å². The molecule has 0 saturated carbocycles. The monoisotopic (exact) mass is 759 g/mol. The van der Waals surface area contributed by atoms with Crippen LogP contribution in [0.2, 0.25) is 0 Å². The number of nitrogen functional groups attached to an aromatic ring is 1. The van der Waals surface area contributed by atoms with Gasteiger partial charge in [0.25, 0.3) is 0 Å². The molecule has 0 spiro atoms. The first-order chi connectivity index (χ1) is 26.7. The molecule has 11 heteroatoms. The van der Waals surface area contributed by atoms with Crippen LogP contribution < -0.4 is 16.4 Å². The summed E-state index contributed by atoms with van der Waals surface area (Å²) in [5.41, 5.74) is 12.9. The Labute approximate surface area is 325 Å². The summed E-state index contributed by atoms with van der Waals surface area (Å²) in [6, 6.07) is 37.7. The predicted molar refractivity (Wildman–Crippen MR) is 214 cm³/mol. The van der Waals surface area contributed by atoms with E-state index < -0.39 is 12.3 Å². The summed E-state index contributed by atoms with van der Waals surface area (Å²) >= 11 is 1.61. The number of carbonyl (C=O) groups excluding carboxylic acids is 2. The number of carbonyl (C=O) groups is 3. The molecule has 1 aliphatic rings. The normalized spacial score (nSPS) is 16.6. The Morgan fingerprint density at radius 2 is 1.44 bits per heavy atom. The van der Waals surface area contributed by atoms with Crippen molar-refractivity contribution in [1.82, 2.24) is 5.32 Å². The Morgan fingerprint density at radius 3 is 2.15 bits per heavy atom. The Hall–Kier alpha value is -5.46. The number of para-hydroxylation sites is 2. The quantitative estimate of drug-likeness (QED) is 0.0379. The van der Waals surface area contributed by atoms with Gasteiger partial charge in [0.15, 0.2) is 6.29 Å². The van der Waals surface area contributed by atoms with Crippen LogP contribution in [-0.4, -0.2) is 39.9 Å². The number of hydrogen-bond donors (Lipinski definition) is 5. The van der Waals surface area contributed by atoms with Gasteiger partial charge in [0.1, 0.15) is 0 Å².